The summed E-state index contributed by atoms with van der Waals surface area (Å²) in [6.07, 6.45) is 1.58. The van der Waals surface area contributed by atoms with Crippen LogP contribution in [0.5, 0.6) is 0 Å². The van der Waals surface area contributed by atoms with Gasteiger partial charge in [0.1, 0.15) is 0 Å². The third-order valence-electron chi connectivity index (χ3n) is 4.37. The van der Waals surface area contributed by atoms with Crippen molar-refractivity contribution in [2.75, 3.05) is 0 Å². The van der Waals surface area contributed by atoms with Crippen LogP contribution in [0.2, 0.25) is 5.02 Å². The molecule has 3 aromatic rings. The van der Waals surface area contributed by atoms with Crippen LogP contribution < -0.4 is 16.0 Å². The summed E-state index contributed by atoms with van der Waals surface area (Å²) in [4.78, 5) is 40.4. The number of fused-ring (bicyclic) bond motifs is 1. The van der Waals surface area contributed by atoms with Crippen molar-refractivity contribution in [1.82, 2.24) is 23.4 Å². The lowest BCUT2D eigenvalue weighted by molar-refractivity contribution is -0.119. The number of hydrogen-bond acceptors (Lipinski definition) is 6. The quantitative estimate of drug-likeness (QED) is 0.591. The number of carbonyl (C=O) groups excluding carboxylic acids is 1. The number of halogens is 1. The van der Waals surface area contributed by atoms with Crippen LogP contribution in [0, 0.1) is 0 Å². The second kappa shape index (κ2) is 7.84. The molecule has 10 nitrogen and oxygen atoms in total. The number of sulfonamides is 1. The highest BCUT2D eigenvalue weighted by atomic mass is 35.5. The van der Waals surface area contributed by atoms with Crippen LogP contribution in [0.1, 0.15) is 12.8 Å². The maximum Gasteiger partial charge on any atom is 0.332 e. The fourth-order valence-corrected chi connectivity index (χ4v) is 4.18. The molecule has 12 heteroatoms. The van der Waals surface area contributed by atoms with E-state index in [0.29, 0.717) is 0 Å². The number of amides is 1. The van der Waals surface area contributed by atoms with Gasteiger partial charge in [0.2, 0.25) is 5.91 Å². The van der Waals surface area contributed by atoms with Crippen molar-refractivity contribution >= 4 is 38.7 Å². The molecular formula is C17H18ClN5O5S. The fraction of sp³-hybridized carbons (Fsp3) is 0.294. The monoisotopic (exact) mass is 439 g/mol. The molecule has 0 bridgehead atoms. The summed E-state index contributed by atoms with van der Waals surface area (Å²) >= 11 is 5.79. The molecule has 0 spiro atoms. The Morgan fingerprint density at radius 3 is 2.62 bits per heavy atom. The molecule has 0 saturated heterocycles. The highest BCUT2D eigenvalue weighted by Gasteiger charge is 2.18. The summed E-state index contributed by atoms with van der Waals surface area (Å²) in [5.41, 5.74) is -0.500. The number of aromatic nitrogens is 4. The van der Waals surface area contributed by atoms with Gasteiger partial charge in [0, 0.05) is 32.1 Å². The van der Waals surface area contributed by atoms with Crippen LogP contribution in [-0.2, 0) is 35.5 Å². The van der Waals surface area contributed by atoms with Gasteiger partial charge in [-0.15, -0.1) is 0 Å². The Kier molecular flexibility index (Phi) is 5.62. The Hall–Kier alpha value is -2.92. The zero-order chi connectivity index (χ0) is 21.3. The minimum absolute atomic E-state index is 0.0917. The Morgan fingerprint density at radius 1 is 1.21 bits per heavy atom. The molecule has 3 rings (SSSR count). The average molecular weight is 440 g/mol. The van der Waals surface area contributed by atoms with Crippen molar-refractivity contribution in [3.8, 4) is 0 Å². The molecule has 1 aromatic carbocycles. The molecule has 2 heterocycles. The summed E-state index contributed by atoms with van der Waals surface area (Å²) in [7, 11) is -1.14. The van der Waals surface area contributed by atoms with E-state index in [2.05, 4.69) is 4.98 Å². The average Bonchev–Trinajstić information content (AvgIpc) is 3.08. The van der Waals surface area contributed by atoms with Gasteiger partial charge in [-0.1, -0.05) is 17.7 Å². The topological polar surface area (TPSA) is 125 Å². The summed E-state index contributed by atoms with van der Waals surface area (Å²) in [6, 6.07) is 5.57. The number of benzene rings is 1. The molecule has 0 aliphatic heterocycles. The van der Waals surface area contributed by atoms with E-state index in [-0.39, 0.29) is 40.5 Å². The van der Waals surface area contributed by atoms with Crippen LogP contribution in [0.15, 0.2) is 45.1 Å². The molecule has 29 heavy (non-hydrogen) atoms. The summed E-state index contributed by atoms with van der Waals surface area (Å²) < 4.78 is 30.2. The van der Waals surface area contributed by atoms with E-state index in [0.717, 1.165) is 4.57 Å². The first-order valence-electron chi connectivity index (χ1n) is 8.54. The van der Waals surface area contributed by atoms with E-state index in [4.69, 9.17) is 11.6 Å². The van der Waals surface area contributed by atoms with Crippen molar-refractivity contribution in [2.45, 2.75) is 24.3 Å². The molecule has 154 valence electrons. The first-order chi connectivity index (χ1) is 13.6. The number of hydrogen-bond donors (Lipinski definition) is 1. The molecule has 0 fully saturated rings. The molecule has 0 atom stereocenters. The minimum Gasteiger partial charge on any atom is -0.325 e. The second-order valence-corrected chi connectivity index (χ2v) is 8.52. The number of imidazole rings is 1. The van der Waals surface area contributed by atoms with Crippen LogP contribution >= 0.6 is 11.6 Å². The van der Waals surface area contributed by atoms with Gasteiger partial charge in [-0.25, -0.2) is 22.9 Å². The predicted molar refractivity (Wildman–Crippen MR) is 106 cm³/mol. The molecule has 0 aliphatic rings. The lowest BCUT2D eigenvalue weighted by Crippen LogP contribution is -2.37. The van der Waals surface area contributed by atoms with Crippen LogP contribution in [0.3, 0.4) is 0 Å². The molecule has 2 aromatic heterocycles. The molecule has 0 aliphatic carbocycles. The van der Waals surface area contributed by atoms with Crippen molar-refractivity contribution in [3.05, 3.63) is 56.5 Å². The molecule has 0 saturated carbocycles. The Labute approximate surface area is 170 Å². The Morgan fingerprint density at radius 2 is 1.93 bits per heavy atom. The first kappa shape index (κ1) is 20.8. The summed E-state index contributed by atoms with van der Waals surface area (Å²) in [5, 5.41) is 0.239. The fourth-order valence-electron chi connectivity index (χ4n) is 2.87. The van der Waals surface area contributed by atoms with E-state index in [1.165, 1.54) is 53.8 Å². The van der Waals surface area contributed by atoms with Gasteiger partial charge < -0.3 is 4.57 Å². The van der Waals surface area contributed by atoms with Gasteiger partial charge in [0.25, 0.3) is 15.6 Å². The van der Waals surface area contributed by atoms with Gasteiger partial charge in [0.15, 0.2) is 11.2 Å². The smallest absolute Gasteiger partial charge is 0.325 e. The Balaban J connectivity index is 1.70. The number of nitrogens with one attached hydrogen (secondary N) is 1. The van der Waals surface area contributed by atoms with E-state index in [9.17, 15) is 22.8 Å². The first-order valence-corrected chi connectivity index (χ1v) is 10.4. The van der Waals surface area contributed by atoms with Crippen LogP contribution in [0.4, 0.5) is 0 Å². The van der Waals surface area contributed by atoms with Gasteiger partial charge in [-0.05, 0) is 24.6 Å². The number of carbonyl (C=O) groups is 1. The lowest BCUT2D eigenvalue weighted by atomic mass is 10.3. The summed E-state index contributed by atoms with van der Waals surface area (Å²) in [5.74, 6) is -0.685. The van der Waals surface area contributed by atoms with Crippen LogP contribution in [-0.4, -0.2) is 33.0 Å². The summed E-state index contributed by atoms with van der Waals surface area (Å²) in [6.45, 7) is 0.245. The number of aryl methyl sites for hydroxylation is 2. The second-order valence-electron chi connectivity index (χ2n) is 6.41. The SMILES string of the molecule is Cn1c(=O)c2c(ncn2CCCC(=O)NS(=O)(=O)c2cccc(Cl)c2)n(C)c1=O. The van der Waals surface area contributed by atoms with E-state index >= 15 is 0 Å². The van der Waals surface area contributed by atoms with Crippen molar-refractivity contribution in [1.29, 1.82) is 0 Å². The highest BCUT2D eigenvalue weighted by Crippen LogP contribution is 2.15. The van der Waals surface area contributed by atoms with E-state index in [1.807, 2.05) is 4.72 Å². The normalized spacial score (nSPS) is 11.7. The maximum absolute atomic E-state index is 12.4. The molecular weight excluding hydrogens is 422 g/mol. The standard InChI is InChI=1S/C17H18ClN5O5S/c1-21-15-14(16(25)22(2)17(21)26)23(10-19-15)8-4-7-13(24)20-29(27,28)12-6-3-5-11(18)9-12/h3,5-6,9-10H,4,7-8H2,1-2H3,(H,20,24). The van der Waals surface area contributed by atoms with Crippen LogP contribution in [0.25, 0.3) is 11.2 Å². The van der Waals surface area contributed by atoms with E-state index < -0.39 is 27.2 Å². The molecule has 0 unspecified atom stereocenters. The van der Waals surface area contributed by atoms with Gasteiger partial charge >= 0.3 is 5.69 Å². The molecule has 1 N–H and O–H groups in total. The lowest BCUT2D eigenvalue weighted by Gasteiger charge is -2.08. The largest absolute Gasteiger partial charge is 0.332 e. The van der Waals surface area contributed by atoms with Gasteiger partial charge in [0.05, 0.1) is 11.2 Å². The van der Waals surface area contributed by atoms with Crippen molar-refractivity contribution < 1.29 is 13.2 Å². The number of nitrogens with zero attached hydrogens (tertiary/aromatic N) is 4. The molecule has 0 radical (unpaired) electrons. The van der Waals surface area contributed by atoms with Gasteiger partial charge in [-0.3, -0.25) is 18.7 Å². The zero-order valence-corrected chi connectivity index (χ0v) is 17.2. The maximum atomic E-state index is 12.4. The van der Waals surface area contributed by atoms with E-state index in [1.54, 1.807) is 0 Å². The third-order valence-corrected chi connectivity index (χ3v) is 5.98. The van der Waals surface area contributed by atoms with Gasteiger partial charge in [-0.2, -0.15) is 0 Å². The van der Waals surface area contributed by atoms with Crippen molar-refractivity contribution in [2.24, 2.45) is 14.1 Å². The number of rotatable bonds is 6. The third kappa shape index (κ3) is 4.10. The predicted octanol–water partition coefficient (Wildman–Crippen LogP) is 0.372. The zero-order valence-electron chi connectivity index (χ0n) is 15.6. The molecule has 1 amide bonds. The van der Waals surface area contributed by atoms with Crippen molar-refractivity contribution in [3.63, 3.8) is 0 Å². The Bertz CT molecular complexity index is 1320. The highest BCUT2D eigenvalue weighted by molar-refractivity contribution is 7.90. The minimum atomic E-state index is -4.02.